The fraction of sp³-hybridized carbons (Fsp3) is 0.800. The summed E-state index contributed by atoms with van der Waals surface area (Å²) in [6, 6.07) is 0. The van der Waals surface area contributed by atoms with E-state index in [0.717, 1.165) is 25.7 Å². The van der Waals surface area contributed by atoms with Crippen molar-refractivity contribution in [3.05, 3.63) is 11.6 Å². The molecule has 0 amide bonds. The van der Waals surface area contributed by atoms with Gasteiger partial charge < -0.3 is 19.3 Å². The lowest BCUT2D eigenvalue weighted by Gasteiger charge is -2.59. The van der Waals surface area contributed by atoms with Crippen LogP contribution in [0.2, 0.25) is 0 Å². The molecular formula is C25H37O9P. The standard InChI is InChI=1S/C25H37O9P/c1-15(26)32-14-22(28)25(33-16(2)27)12-9-21-19-6-5-17-13-18(34-35(29,30)31)7-10-23(17,3)20(19)8-11-24(21,25)4/h5,18-21H,6-14H2,1-4H3,(H2,29,30,31)/t18-,19-,20-,21-,23+,24+,25+/m1/s1. The maximum atomic E-state index is 13.4. The molecule has 3 saturated carbocycles. The van der Waals surface area contributed by atoms with Crippen LogP contribution in [0.25, 0.3) is 0 Å². The van der Waals surface area contributed by atoms with Gasteiger partial charge in [-0.1, -0.05) is 25.5 Å². The average molecular weight is 513 g/mol. The molecule has 196 valence electrons. The number of phosphoric ester groups is 1. The number of Topliss-reactive ketones (excluding diaryl/α,β-unsaturated/α-hetero) is 1. The minimum Gasteiger partial charge on any atom is -0.458 e. The van der Waals surface area contributed by atoms with Crippen LogP contribution in [0.15, 0.2) is 11.6 Å². The number of hydrogen-bond acceptors (Lipinski definition) is 7. The van der Waals surface area contributed by atoms with Crippen molar-refractivity contribution in [1.82, 2.24) is 0 Å². The summed E-state index contributed by atoms with van der Waals surface area (Å²) >= 11 is 0. The highest BCUT2D eigenvalue weighted by atomic mass is 31.2. The summed E-state index contributed by atoms with van der Waals surface area (Å²) in [7, 11) is -4.54. The van der Waals surface area contributed by atoms with Crippen LogP contribution < -0.4 is 0 Å². The second kappa shape index (κ2) is 9.09. The Labute approximate surface area is 206 Å². The zero-order chi connectivity index (χ0) is 25.8. The number of ether oxygens (including phenoxy) is 2. The number of allylic oxidation sites excluding steroid dienone is 1. The molecule has 0 saturated heterocycles. The van der Waals surface area contributed by atoms with Gasteiger partial charge in [-0.15, -0.1) is 0 Å². The Bertz CT molecular complexity index is 985. The van der Waals surface area contributed by atoms with Crippen molar-refractivity contribution < 1.29 is 42.7 Å². The maximum absolute atomic E-state index is 13.4. The molecule has 9 nitrogen and oxygen atoms in total. The minimum atomic E-state index is -4.54. The molecule has 4 rings (SSSR count). The molecule has 4 aliphatic rings. The molecule has 0 aromatic heterocycles. The number of rotatable bonds is 6. The van der Waals surface area contributed by atoms with Crippen molar-refractivity contribution in [2.75, 3.05) is 6.61 Å². The van der Waals surface area contributed by atoms with Crippen molar-refractivity contribution in [2.24, 2.45) is 28.6 Å². The van der Waals surface area contributed by atoms with Crippen LogP contribution in [0.5, 0.6) is 0 Å². The molecule has 0 aromatic carbocycles. The molecule has 35 heavy (non-hydrogen) atoms. The normalized spacial score (nSPS) is 40.6. The van der Waals surface area contributed by atoms with Gasteiger partial charge in [0.15, 0.2) is 12.2 Å². The van der Waals surface area contributed by atoms with Crippen LogP contribution in [0.3, 0.4) is 0 Å². The third-order valence-electron chi connectivity index (χ3n) is 9.64. The van der Waals surface area contributed by atoms with E-state index in [2.05, 4.69) is 19.9 Å². The van der Waals surface area contributed by atoms with E-state index in [9.17, 15) is 28.7 Å². The smallest absolute Gasteiger partial charge is 0.458 e. The fourth-order valence-corrected chi connectivity index (χ4v) is 8.69. The molecule has 0 aliphatic heterocycles. The van der Waals surface area contributed by atoms with E-state index in [0.29, 0.717) is 37.5 Å². The summed E-state index contributed by atoms with van der Waals surface area (Å²) in [5, 5.41) is 0. The van der Waals surface area contributed by atoms with Gasteiger partial charge in [0.05, 0.1) is 6.10 Å². The summed E-state index contributed by atoms with van der Waals surface area (Å²) in [5.41, 5.74) is -0.737. The predicted octanol–water partition coefficient (Wildman–Crippen LogP) is 3.86. The van der Waals surface area contributed by atoms with Gasteiger partial charge in [-0.2, -0.15) is 0 Å². The number of carbonyl (C=O) groups excluding carboxylic acids is 3. The van der Waals surface area contributed by atoms with Crippen LogP contribution in [-0.4, -0.2) is 45.8 Å². The van der Waals surface area contributed by atoms with Gasteiger partial charge in [-0.25, -0.2) is 4.57 Å². The Hall–Kier alpha value is -1.54. The lowest BCUT2D eigenvalue weighted by Crippen LogP contribution is -2.59. The van der Waals surface area contributed by atoms with E-state index >= 15 is 0 Å². The molecule has 4 aliphatic carbocycles. The Morgan fingerprint density at radius 3 is 2.34 bits per heavy atom. The number of ketones is 1. The largest absolute Gasteiger partial charge is 0.469 e. The summed E-state index contributed by atoms with van der Waals surface area (Å²) in [6.45, 7) is 6.48. The number of hydrogen-bond donors (Lipinski definition) is 2. The van der Waals surface area contributed by atoms with Gasteiger partial charge in [-0.05, 0) is 74.5 Å². The topological polar surface area (TPSA) is 136 Å². The summed E-state index contributed by atoms with van der Waals surface area (Å²) in [6.07, 6.45) is 7.18. The first-order valence-electron chi connectivity index (χ1n) is 12.5. The third kappa shape index (κ3) is 4.54. The van der Waals surface area contributed by atoms with E-state index < -0.39 is 43.5 Å². The Morgan fingerprint density at radius 1 is 1.03 bits per heavy atom. The molecule has 2 N–H and O–H groups in total. The quantitative estimate of drug-likeness (QED) is 0.309. The SMILES string of the molecule is CC(=O)OCC(=O)[C@@]1(OC(C)=O)CC[C@@H]2[C@@H]3CC=C4C[C@H](OP(=O)(O)O)CC[C@]4(C)[C@@H]3CC[C@@]21C. The third-order valence-corrected chi connectivity index (χ3v) is 10.2. The maximum Gasteiger partial charge on any atom is 0.469 e. The lowest BCUT2D eigenvalue weighted by atomic mass is 9.46. The number of esters is 2. The molecule has 0 heterocycles. The first-order chi connectivity index (χ1) is 16.2. The number of carbonyl (C=O) groups is 3. The lowest BCUT2D eigenvalue weighted by molar-refractivity contribution is -0.190. The van der Waals surface area contributed by atoms with Crippen molar-refractivity contribution in [1.29, 1.82) is 0 Å². The van der Waals surface area contributed by atoms with E-state index in [1.54, 1.807) is 0 Å². The second-order valence-corrected chi connectivity index (χ2v) is 12.5. The van der Waals surface area contributed by atoms with Crippen LogP contribution in [0.1, 0.15) is 79.1 Å². The molecule has 3 fully saturated rings. The zero-order valence-electron chi connectivity index (χ0n) is 21.0. The van der Waals surface area contributed by atoms with Gasteiger partial charge in [-0.3, -0.25) is 18.9 Å². The zero-order valence-corrected chi connectivity index (χ0v) is 21.8. The van der Waals surface area contributed by atoms with E-state index in [1.807, 2.05) is 0 Å². The molecule has 10 heteroatoms. The monoisotopic (exact) mass is 512 g/mol. The Kier molecular flexibility index (Phi) is 6.89. The molecule has 0 bridgehead atoms. The van der Waals surface area contributed by atoms with Gasteiger partial charge in [0, 0.05) is 19.3 Å². The second-order valence-electron chi connectivity index (χ2n) is 11.3. The van der Waals surface area contributed by atoms with Gasteiger partial charge in [0.2, 0.25) is 5.78 Å². The first-order valence-corrected chi connectivity index (χ1v) is 14.0. The predicted molar refractivity (Wildman–Crippen MR) is 125 cm³/mol. The Morgan fingerprint density at radius 2 is 1.71 bits per heavy atom. The van der Waals surface area contributed by atoms with Crippen LogP contribution >= 0.6 is 7.82 Å². The minimum absolute atomic E-state index is 0.0898. The number of fused-ring (bicyclic) bond motifs is 5. The van der Waals surface area contributed by atoms with Crippen molar-refractivity contribution in [3.8, 4) is 0 Å². The molecule has 0 radical (unpaired) electrons. The van der Waals surface area contributed by atoms with Crippen molar-refractivity contribution in [3.63, 3.8) is 0 Å². The van der Waals surface area contributed by atoms with E-state index in [1.165, 1.54) is 19.4 Å². The molecule has 7 atom stereocenters. The molecule has 0 unspecified atom stereocenters. The first kappa shape index (κ1) is 26.5. The summed E-state index contributed by atoms with van der Waals surface area (Å²) < 4.78 is 27.3. The van der Waals surface area contributed by atoms with Crippen LogP contribution in [0, 0.1) is 28.6 Å². The van der Waals surface area contributed by atoms with Crippen LogP contribution in [0.4, 0.5) is 0 Å². The van der Waals surface area contributed by atoms with E-state index in [-0.39, 0.29) is 17.1 Å². The molecular weight excluding hydrogens is 475 g/mol. The highest BCUT2D eigenvalue weighted by Gasteiger charge is 2.68. The van der Waals surface area contributed by atoms with Gasteiger partial charge in [0.1, 0.15) is 0 Å². The summed E-state index contributed by atoms with van der Waals surface area (Å²) in [4.78, 5) is 55.5. The van der Waals surface area contributed by atoms with Crippen molar-refractivity contribution >= 4 is 25.5 Å². The highest BCUT2D eigenvalue weighted by Crippen LogP contribution is 2.68. The Balaban J connectivity index is 1.61. The summed E-state index contributed by atoms with van der Waals surface area (Å²) in [5.74, 6) is -0.559. The average Bonchev–Trinajstić information content (AvgIpc) is 3.04. The van der Waals surface area contributed by atoms with Crippen LogP contribution in [-0.2, 0) is 32.9 Å². The highest BCUT2D eigenvalue weighted by molar-refractivity contribution is 7.46. The number of phosphoric acid groups is 1. The van der Waals surface area contributed by atoms with Gasteiger partial charge >= 0.3 is 19.8 Å². The van der Waals surface area contributed by atoms with Gasteiger partial charge in [0.25, 0.3) is 0 Å². The fourth-order valence-electron chi connectivity index (χ4n) is 8.12. The molecule has 0 aromatic rings. The molecule has 0 spiro atoms. The van der Waals surface area contributed by atoms with E-state index in [4.69, 9.17) is 14.0 Å². The van der Waals surface area contributed by atoms with Crippen molar-refractivity contribution in [2.45, 2.75) is 90.8 Å².